The van der Waals surface area contributed by atoms with Crippen LogP contribution in [0.25, 0.3) is 0 Å². The number of halogens is 3. The zero-order valence-electron chi connectivity index (χ0n) is 12.0. The number of benzene rings is 2. The molecule has 3 nitrogen and oxygen atoms in total. The summed E-state index contributed by atoms with van der Waals surface area (Å²) in [7, 11) is 0. The fourth-order valence-electron chi connectivity index (χ4n) is 1.91. The third-order valence-electron chi connectivity index (χ3n) is 2.98. The fraction of sp³-hybridized carbons (Fsp3) is 0.188. The van der Waals surface area contributed by atoms with Crippen molar-refractivity contribution < 1.29 is 18.3 Å². The summed E-state index contributed by atoms with van der Waals surface area (Å²) >= 11 is 3.45. The third kappa shape index (κ3) is 4.04. The molecule has 0 bridgehead atoms. The Kier molecular flexibility index (Phi) is 5.13. The second-order valence-electron chi connectivity index (χ2n) is 4.84. The van der Waals surface area contributed by atoms with E-state index in [0.717, 1.165) is 27.7 Å². The first kappa shape index (κ1) is 16.4. The molecule has 0 aromatic heterocycles. The summed E-state index contributed by atoms with van der Waals surface area (Å²) < 4.78 is 32.2. The van der Waals surface area contributed by atoms with Gasteiger partial charge in [-0.15, -0.1) is 0 Å². The number of ether oxygens (including phenoxy) is 1. The average molecular weight is 370 g/mol. The summed E-state index contributed by atoms with van der Waals surface area (Å²) in [6, 6.07) is 6.77. The zero-order chi connectivity index (χ0) is 16.3. The van der Waals surface area contributed by atoms with Crippen LogP contribution in [0.2, 0.25) is 0 Å². The topological polar surface area (TPSA) is 38.3 Å². The summed E-state index contributed by atoms with van der Waals surface area (Å²) in [6.07, 6.45) is 0. The van der Waals surface area contributed by atoms with Gasteiger partial charge < -0.3 is 10.1 Å². The van der Waals surface area contributed by atoms with Gasteiger partial charge in [-0.05, 0) is 49.2 Å². The molecule has 0 aliphatic heterocycles. The predicted octanol–water partition coefficient (Wildman–Crippen LogP) is 4.36. The lowest BCUT2D eigenvalue weighted by molar-refractivity contribution is -0.118. The Balaban J connectivity index is 1.96. The molecule has 0 spiro atoms. The van der Waals surface area contributed by atoms with Crippen molar-refractivity contribution in [2.75, 3.05) is 11.9 Å². The van der Waals surface area contributed by atoms with Crippen LogP contribution in [0.1, 0.15) is 11.1 Å². The van der Waals surface area contributed by atoms with Gasteiger partial charge in [-0.2, -0.15) is 0 Å². The average Bonchev–Trinajstić information content (AvgIpc) is 2.46. The van der Waals surface area contributed by atoms with Gasteiger partial charge in [0.15, 0.2) is 18.2 Å². The summed E-state index contributed by atoms with van der Waals surface area (Å²) in [5.74, 6) is -1.86. The Morgan fingerprint density at radius 2 is 1.77 bits per heavy atom. The number of carbonyl (C=O) groups excluding carboxylic acids is 1. The molecule has 0 radical (unpaired) electrons. The lowest BCUT2D eigenvalue weighted by Crippen LogP contribution is -2.20. The van der Waals surface area contributed by atoms with E-state index in [1.165, 1.54) is 6.07 Å². The quantitative estimate of drug-likeness (QED) is 0.869. The van der Waals surface area contributed by atoms with Crippen LogP contribution in [-0.4, -0.2) is 12.5 Å². The maximum atomic E-state index is 13.0. The van der Waals surface area contributed by atoms with Gasteiger partial charge in [0.2, 0.25) is 0 Å². The van der Waals surface area contributed by atoms with E-state index in [2.05, 4.69) is 21.2 Å². The molecule has 2 rings (SSSR count). The first-order chi connectivity index (χ1) is 10.4. The normalized spacial score (nSPS) is 10.4. The molecule has 6 heteroatoms. The molecule has 2 aromatic carbocycles. The van der Waals surface area contributed by atoms with Crippen LogP contribution in [0.5, 0.6) is 5.75 Å². The second kappa shape index (κ2) is 6.87. The molecular formula is C16H14BrF2NO2. The summed E-state index contributed by atoms with van der Waals surface area (Å²) in [4.78, 5) is 11.8. The third-order valence-corrected chi connectivity index (χ3v) is 4.23. The van der Waals surface area contributed by atoms with Crippen LogP contribution in [0, 0.1) is 25.5 Å². The highest BCUT2D eigenvalue weighted by Crippen LogP contribution is 2.26. The predicted molar refractivity (Wildman–Crippen MR) is 84.1 cm³/mol. The van der Waals surface area contributed by atoms with Crippen molar-refractivity contribution in [2.45, 2.75) is 13.8 Å². The molecule has 0 saturated heterocycles. The molecule has 0 aliphatic carbocycles. The minimum Gasteiger partial charge on any atom is -0.484 e. The number of hydrogen-bond donors (Lipinski definition) is 1. The van der Waals surface area contributed by atoms with Crippen LogP contribution < -0.4 is 10.1 Å². The Morgan fingerprint density at radius 3 is 2.36 bits per heavy atom. The molecule has 1 N–H and O–H groups in total. The van der Waals surface area contributed by atoms with Crippen molar-refractivity contribution in [1.29, 1.82) is 0 Å². The molecule has 0 saturated carbocycles. The van der Waals surface area contributed by atoms with E-state index < -0.39 is 17.5 Å². The smallest absolute Gasteiger partial charge is 0.262 e. The molecule has 22 heavy (non-hydrogen) atoms. The number of nitrogens with one attached hydrogen (secondary N) is 1. The highest BCUT2D eigenvalue weighted by molar-refractivity contribution is 9.10. The molecular weight excluding hydrogens is 356 g/mol. The van der Waals surface area contributed by atoms with Crippen LogP contribution in [-0.2, 0) is 4.79 Å². The monoisotopic (exact) mass is 369 g/mol. The van der Waals surface area contributed by atoms with Gasteiger partial charge in [-0.25, -0.2) is 8.78 Å². The number of anilines is 1. The van der Waals surface area contributed by atoms with Crippen molar-refractivity contribution in [3.63, 3.8) is 0 Å². The first-order valence-electron chi connectivity index (χ1n) is 6.51. The number of aryl methyl sites for hydroxylation is 2. The van der Waals surface area contributed by atoms with Crippen molar-refractivity contribution in [3.05, 3.63) is 57.6 Å². The fourth-order valence-corrected chi connectivity index (χ4v) is 2.14. The molecule has 0 unspecified atom stereocenters. The van der Waals surface area contributed by atoms with Crippen LogP contribution in [0.15, 0.2) is 34.8 Å². The first-order valence-corrected chi connectivity index (χ1v) is 7.30. The summed E-state index contributed by atoms with van der Waals surface area (Å²) in [5, 5.41) is 2.44. The van der Waals surface area contributed by atoms with Gasteiger partial charge in [0.1, 0.15) is 5.75 Å². The number of amides is 1. The lowest BCUT2D eigenvalue weighted by Gasteiger charge is -2.10. The molecule has 116 valence electrons. The second-order valence-corrected chi connectivity index (χ2v) is 5.63. The van der Waals surface area contributed by atoms with Crippen molar-refractivity contribution in [3.8, 4) is 5.75 Å². The van der Waals surface area contributed by atoms with Crippen LogP contribution >= 0.6 is 15.9 Å². The van der Waals surface area contributed by atoms with E-state index >= 15 is 0 Å². The van der Waals surface area contributed by atoms with E-state index in [9.17, 15) is 13.6 Å². The lowest BCUT2D eigenvalue weighted by atomic mass is 10.1. The molecule has 0 heterocycles. The van der Waals surface area contributed by atoms with Gasteiger partial charge >= 0.3 is 0 Å². The minimum atomic E-state index is -1.02. The molecule has 2 aromatic rings. The Labute approximate surface area is 135 Å². The summed E-state index contributed by atoms with van der Waals surface area (Å²) in [6.45, 7) is 3.62. The van der Waals surface area contributed by atoms with Gasteiger partial charge in [-0.1, -0.05) is 15.9 Å². The number of rotatable bonds is 4. The number of hydrogen-bond acceptors (Lipinski definition) is 2. The maximum Gasteiger partial charge on any atom is 0.262 e. The van der Waals surface area contributed by atoms with Crippen LogP contribution in [0.3, 0.4) is 0 Å². The molecule has 0 atom stereocenters. The van der Waals surface area contributed by atoms with Gasteiger partial charge in [0.05, 0.1) is 0 Å². The van der Waals surface area contributed by atoms with E-state index in [1.807, 2.05) is 26.0 Å². The molecule has 1 amide bonds. The van der Waals surface area contributed by atoms with Gasteiger partial charge in [0, 0.05) is 16.2 Å². The van der Waals surface area contributed by atoms with Gasteiger partial charge in [0.25, 0.3) is 5.91 Å². The van der Waals surface area contributed by atoms with Crippen LogP contribution in [0.4, 0.5) is 14.5 Å². The Morgan fingerprint density at radius 1 is 1.14 bits per heavy atom. The van der Waals surface area contributed by atoms with Gasteiger partial charge in [-0.3, -0.25) is 4.79 Å². The highest BCUT2D eigenvalue weighted by Gasteiger charge is 2.08. The molecule has 0 aliphatic rings. The largest absolute Gasteiger partial charge is 0.484 e. The Hall–Kier alpha value is -1.95. The minimum absolute atomic E-state index is 0.177. The standard InChI is InChI=1S/C16H14BrF2NO2/c1-9-5-12(6-10(2)16(9)17)22-8-15(21)20-11-3-4-13(18)14(19)7-11/h3-7H,8H2,1-2H3,(H,20,21). The summed E-state index contributed by atoms with van der Waals surface area (Å²) in [5.41, 5.74) is 2.17. The van der Waals surface area contributed by atoms with E-state index in [4.69, 9.17) is 4.74 Å². The van der Waals surface area contributed by atoms with Crippen molar-refractivity contribution in [2.24, 2.45) is 0 Å². The van der Waals surface area contributed by atoms with E-state index in [1.54, 1.807) is 0 Å². The SMILES string of the molecule is Cc1cc(OCC(=O)Nc2ccc(F)c(F)c2)cc(C)c1Br. The van der Waals surface area contributed by atoms with E-state index in [-0.39, 0.29) is 12.3 Å². The number of carbonyl (C=O) groups is 1. The molecule has 0 fully saturated rings. The Bertz CT molecular complexity index is 696. The van der Waals surface area contributed by atoms with Crippen molar-refractivity contribution >= 4 is 27.5 Å². The van der Waals surface area contributed by atoms with E-state index in [0.29, 0.717) is 5.75 Å². The highest BCUT2D eigenvalue weighted by atomic mass is 79.9. The van der Waals surface area contributed by atoms with Crippen molar-refractivity contribution in [1.82, 2.24) is 0 Å². The maximum absolute atomic E-state index is 13.0. The zero-order valence-corrected chi connectivity index (χ0v) is 13.6.